The minimum Gasteiger partial charge on any atom is -0.307 e. The van der Waals surface area contributed by atoms with Crippen LogP contribution in [0.3, 0.4) is 0 Å². The van der Waals surface area contributed by atoms with Gasteiger partial charge >= 0.3 is 0 Å². The topological polar surface area (TPSA) is 42.0 Å². The second-order valence-electron chi connectivity index (χ2n) is 7.40. The molecule has 3 heteroatoms. The summed E-state index contributed by atoms with van der Waals surface area (Å²) < 4.78 is 0. The minimum absolute atomic E-state index is 0.134. The quantitative estimate of drug-likeness (QED) is 0.822. The normalized spacial score (nSPS) is 12.2. The van der Waals surface area contributed by atoms with Gasteiger partial charge in [0.1, 0.15) is 5.82 Å². The zero-order valence-electron chi connectivity index (χ0n) is 15.4. The van der Waals surface area contributed by atoms with Crippen molar-refractivity contribution in [3.8, 4) is 0 Å². The molecule has 0 radical (unpaired) electrons. The first-order chi connectivity index (χ1) is 11.1. The number of allylic oxidation sites excluding steroid dienone is 2. The van der Waals surface area contributed by atoms with Gasteiger partial charge in [0.15, 0.2) is 0 Å². The Labute approximate surface area is 144 Å². The lowest BCUT2D eigenvalue weighted by Gasteiger charge is -2.14. The fourth-order valence-corrected chi connectivity index (χ4v) is 2.71. The van der Waals surface area contributed by atoms with Crippen LogP contribution in [0.25, 0.3) is 5.57 Å². The number of anilines is 1. The Morgan fingerprint density at radius 1 is 1.04 bits per heavy atom. The van der Waals surface area contributed by atoms with Crippen LogP contribution < -0.4 is 5.32 Å². The van der Waals surface area contributed by atoms with Gasteiger partial charge < -0.3 is 5.32 Å². The maximum atomic E-state index is 12.4. The third-order valence-electron chi connectivity index (χ3n) is 3.59. The van der Waals surface area contributed by atoms with Gasteiger partial charge in [-0.1, -0.05) is 39.0 Å². The number of nitrogens with one attached hydrogen (secondary N) is 1. The number of carbonyl (C=O) groups is 1. The van der Waals surface area contributed by atoms with Gasteiger partial charge in [0.2, 0.25) is 0 Å². The van der Waals surface area contributed by atoms with Crippen molar-refractivity contribution in [3.63, 3.8) is 0 Å². The molecule has 0 spiro atoms. The van der Waals surface area contributed by atoms with Crippen LogP contribution in [-0.2, 0) is 0 Å². The number of amides is 1. The van der Waals surface area contributed by atoms with Gasteiger partial charge in [0.25, 0.3) is 5.91 Å². The molecule has 1 amide bonds. The molecule has 3 nitrogen and oxygen atoms in total. The van der Waals surface area contributed by atoms with E-state index in [0.29, 0.717) is 11.4 Å². The first-order valence-electron chi connectivity index (χ1n) is 8.20. The monoisotopic (exact) mass is 322 g/mol. The van der Waals surface area contributed by atoms with E-state index >= 15 is 0 Å². The van der Waals surface area contributed by atoms with Crippen molar-refractivity contribution in [1.82, 2.24) is 4.98 Å². The maximum Gasteiger partial charge on any atom is 0.256 e. The molecule has 1 N–H and O–H groups in total. The molecule has 0 atom stereocenters. The third-order valence-corrected chi connectivity index (χ3v) is 3.59. The molecular weight excluding hydrogens is 296 g/mol. The molecule has 0 saturated heterocycles. The van der Waals surface area contributed by atoms with Crippen molar-refractivity contribution in [2.24, 2.45) is 5.41 Å². The predicted octanol–water partition coefficient (Wildman–Crippen LogP) is 5.40. The summed E-state index contributed by atoms with van der Waals surface area (Å²) in [5, 5.41) is 2.86. The van der Waals surface area contributed by atoms with E-state index in [9.17, 15) is 4.79 Å². The van der Waals surface area contributed by atoms with Crippen LogP contribution in [0.1, 0.15) is 54.9 Å². The summed E-state index contributed by atoms with van der Waals surface area (Å²) >= 11 is 0. The van der Waals surface area contributed by atoms with Crippen LogP contribution in [-0.4, -0.2) is 10.9 Å². The summed E-state index contributed by atoms with van der Waals surface area (Å²) in [7, 11) is 0. The molecule has 24 heavy (non-hydrogen) atoms. The number of aryl methyl sites for hydroxylation is 2. The SMILES string of the molecule is C/C(=C\C(C)(C)C)c1ccc(C(=O)Nc2cc(C)cc(C)n2)cc1. The number of hydrogen-bond donors (Lipinski definition) is 1. The van der Waals surface area contributed by atoms with Crippen LogP contribution >= 0.6 is 0 Å². The van der Waals surface area contributed by atoms with E-state index in [1.807, 2.05) is 50.2 Å². The summed E-state index contributed by atoms with van der Waals surface area (Å²) in [6.07, 6.45) is 2.24. The molecule has 0 aliphatic carbocycles. The predicted molar refractivity (Wildman–Crippen MR) is 101 cm³/mol. The van der Waals surface area contributed by atoms with E-state index < -0.39 is 0 Å². The Morgan fingerprint density at radius 3 is 2.17 bits per heavy atom. The lowest BCUT2D eigenvalue weighted by molar-refractivity contribution is 0.102. The van der Waals surface area contributed by atoms with E-state index in [-0.39, 0.29) is 11.3 Å². The lowest BCUT2D eigenvalue weighted by atomic mass is 9.91. The average molecular weight is 322 g/mol. The highest BCUT2D eigenvalue weighted by molar-refractivity contribution is 6.03. The zero-order chi connectivity index (χ0) is 17.9. The Kier molecular flexibility index (Phi) is 5.23. The van der Waals surface area contributed by atoms with E-state index in [4.69, 9.17) is 0 Å². The van der Waals surface area contributed by atoms with E-state index in [1.165, 1.54) is 5.57 Å². The molecular formula is C21H26N2O. The highest BCUT2D eigenvalue weighted by atomic mass is 16.1. The van der Waals surface area contributed by atoms with Gasteiger partial charge in [-0.05, 0) is 67.2 Å². The number of nitrogens with zero attached hydrogens (tertiary/aromatic N) is 1. The van der Waals surface area contributed by atoms with Crippen LogP contribution in [0, 0.1) is 19.3 Å². The summed E-state index contributed by atoms with van der Waals surface area (Å²) in [6, 6.07) is 11.5. The standard InChI is InChI=1S/C21H26N2O/c1-14-11-16(3)22-19(12-14)23-20(24)18-9-7-17(8-10-18)15(2)13-21(4,5)6/h7-13H,1-6H3,(H,22,23,24)/b15-13+. The van der Waals surface area contributed by atoms with Crippen LogP contribution in [0.15, 0.2) is 42.5 Å². The summed E-state index contributed by atoms with van der Waals surface area (Å²) in [5.41, 5.74) is 5.08. The maximum absolute atomic E-state index is 12.4. The van der Waals surface area contributed by atoms with Gasteiger partial charge in [0, 0.05) is 11.3 Å². The van der Waals surface area contributed by atoms with Gasteiger partial charge in [-0.15, -0.1) is 0 Å². The van der Waals surface area contributed by atoms with E-state index in [2.05, 4.69) is 44.1 Å². The van der Waals surface area contributed by atoms with Gasteiger partial charge in [-0.2, -0.15) is 0 Å². The first kappa shape index (κ1) is 17.9. The van der Waals surface area contributed by atoms with Gasteiger partial charge in [-0.25, -0.2) is 4.98 Å². The molecule has 0 aliphatic rings. The zero-order valence-corrected chi connectivity index (χ0v) is 15.4. The number of benzene rings is 1. The second-order valence-corrected chi connectivity index (χ2v) is 7.40. The summed E-state index contributed by atoms with van der Waals surface area (Å²) in [5.74, 6) is 0.446. The van der Waals surface area contributed by atoms with Crippen LogP contribution in [0.5, 0.6) is 0 Å². The fraction of sp³-hybridized carbons (Fsp3) is 0.333. The molecule has 126 valence electrons. The molecule has 0 saturated carbocycles. The van der Waals surface area contributed by atoms with Crippen molar-refractivity contribution in [2.75, 3.05) is 5.32 Å². The molecule has 0 unspecified atom stereocenters. The van der Waals surface area contributed by atoms with E-state index in [0.717, 1.165) is 16.8 Å². The number of carbonyl (C=O) groups excluding carboxylic acids is 1. The molecule has 0 bridgehead atoms. The Hall–Kier alpha value is -2.42. The van der Waals surface area contributed by atoms with Crippen molar-refractivity contribution < 1.29 is 4.79 Å². The highest BCUT2D eigenvalue weighted by Gasteiger charge is 2.10. The molecule has 1 aromatic heterocycles. The molecule has 2 aromatic rings. The second kappa shape index (κ2) is 7.00. The molecule has 0 fully saturated rings. The third kappa shape index (κ3) is 5.05. The Bertz CT molecular complexity index is 745. The number of rotatable bonds is 3. The van der Waals surface area contributed by atoms with Crippen LogP contribution in [0.4, 0.5) is 5.82 Å². The molecule has 2 rings (SSSR count). The summed E-state index contributed by atoms with van der Waals surface area (Å²) in [4.78, 5) is 16.7. The summed E-state index contributed by atoms with van der Waals surface area (Å²) in [6.45, 7) is 12.5. The van der Waals surface area contributed by atoms with Crippen LogP contribution in [0.2, 0.25) is 0 Å². The van der Waals surface area contributed by atoms with Crippen molar-refractivity contribution in [2.45, 2.75) is 41.5 Å². The minimum atomic E-state index is -0.142. The van der Waals surface area contributed by atoms with E-state index in [1.54, 1.807) is 0 Å². The fourth-order valence-electron chi connectivity index (χ4n) is 2.71. The Balaban J connectivity index is 2.15. The van der Waals surface area contributed by atoms with Crippen molar-refractivity contribution in [1.29, 1.82) is 0 Å². The first-order valence-corrected chi connectivity index (χ1v) is 8.20. The van der Waals surface area contributed by atoms with Crippen molar-refractivity contribution >= 4 is 17.3 Å². The lowest BCUT2D eigenvalue weighted by Crippen LogP contribution is -2.13. The molecule has 0 aliphatic heterocycles. The highest BCUT2D eigenvalue weighted by Crippen LogP contribution is 2.23. The number of hydrogen-bond acceptors (Lipinski definition) is 2. The molecule has 1 aromatic carbocycles. The molecule has 1 heterocycles. The van der Waals surface area contributed by atoms with Gasteiger partial charge in [-0.3, -0.25) is 4.79 Å². The average Bonchev–Trinajstić information content (AvgIpc) is 2.44. The van der Waals surface area contributed by atoms with Crippen molar-refractivity contribution in [3.05, 3.63) is 64.9 Å². The Morgan fingerprint density at radius 2 is 1.62 bits per heavy atom. The number of pyridine rings is 1. The smallest absolute Gasteiger partial charge is 0.256 e. The van der Waals surface area contributed by atoms with Gasteiger partial charge in [0.05, 0.1) is 0 Å². The largest absolute Gasteiger partial charge is 0.307 e. The number of aromatic nitrogens is 1.